The average molecular weight is 266 g/mol. The molecule has 6 heteroatoms. The molecule has 0 saturated carbocycles. The molecule has 0 spiro atoms. The summed E-state index contributed by atoms with van der Waals surface area (Å²) in [5.41, 5.74) is 0.989. The zero-order chi connectivity index (χ0) is 13.3. The van der Waals surface area contributed by atoms with E-state index in [9.17, 15) is 13.5 Å². The Morgan fingerprint density at radius 2 is 2.22 bits per heavy atom. The molecule has 2 rings (SSSR count). The number of sulfonamides is 1. The number of nitrogens with zero attached hydrogens (tertiary/aromatic N) is 2. The third kappa shape index (κ3) is 2.25. The van der Waals surface area contributed by atoms with Crippen molar-refractivity contribution in [3.63, 3.8) is 0 Å². The fourth-order valence-corrected chi connectivity index (χ4v) is 3.77. The first kappa shape index (κ1) is 13.0. The van der Waals surface area contributed by atoms with E-state index in [1.807, 2.05) is 6.07 Å². The summed E-state index contributed by atoms with van der Waals surface area (Å²) >= 11 is 0. The van der Waals surface area contributed by atoms with Gasteiger partial charge in [-0.15, -0.1) is 0 Å². The molecule has 1 aromatic rings. The van der Waals surface area contributed by atoms with Crippen LogP contribution in [0.2, 0.25) is 0 Å². The Hall–Kier alpha value is -1.42. The first-order chi connectivity index (χ1) is 8.45. The molecule has 0 aromatic heterocycles. The zero-order valence-corrected chi connectivity index (χ0v) is 10.8. The van der Waals surface area contributed by atoms with Crippen LogP contribution in [0.15, 0.2) is 23.1 Å². The van der Waals surface area contributed by atoms with Gasteiger partial charge in [-0.1, -0.05) is 0 Å². The first-order valence-electron chi connectivity index (χ1n) is 5.64. The molecule has 1 N–H and O–H groups in total. The first-order valence-corrected chi connectivity index (χ1v) is 7.08. The number of aryl methyl sites for hydroxylation is 1. The zero-order valence-electron chi connectivity index (χ0n) is 10.00. The van der Waals surface area contributed by atoms with Gasteiger partial charge in [-0.05, 0) is 37.1 Å². The van der Waals surface area contributed by atoms with Crippen LogP contribution in [-0.2, 0) is 10.0 Å². The minimum Gasteiger partial charge on any atom is -0.392 e. The Labute approximate surface area is 106 Å². The summed E-state index contributed by atoms with van der Waals surface area (Å²) in [6.07, 6.45) is -0.118. The van der Waals surface area contributed by atoms with E-state index in [1.54, 1.807) is 13.0 Å². The van der Waals surface area contributed by atoms with Gasteiger partial charge in [-0.25, -0.2) is 8.42 Å². The van der Waals surface area contributed by atoms with Crippen molar-refractivity contribution in [3.05, 3.63) is 29.3 Å². The quantitative estimate of drug-likeness (QED) is 0.851. The van der Waals surface area contributed by atoms with Crippen LogP contribution in [0.4, 0.5) is 0 Å². The number of aliphatic hydroxyl groups excluding tert-OH is 1. The van der Waals surface area contributed by atoms with Gasteiger partial charge in [0.15, 0.2) is 0 Å². The van der Waals surface area contributed by atoms with E-state index in [2.05, 4.69) is 0 Å². The maximum atomic E-state index is 12.3. The number of β-amino-alcohol motifs (C(OH)–C–C–N with tert-alkyl or cyclic N) is 1. The molecule has 96 valence electrons. The Balaban J connectivity index is 2.39. The number of aliphatic hydroxyl groups is 1. The van der Waals surface area contributed by atoms with Gasteiger partial charge in [0, 0.05) is 13.1 Å². The van der Waals surface area contributed by atoms with Crippen molar-refractivity contribution in [3.8, 4) is 6.07 Å². The lowest BCUT2D eigenvalue weighted by Gasteiger charge is -2.17. The molecule has 1 fully saturated rings. The molecule has 1 aromatic carbocycles. The summed E-state index contributed by atoms with van der Waals surface area (Å²) < 4.78 is 25.9. The van der Waals surface area contributed by atoms with Crippen LogP contribution in [0, 0.1) is 18.3 Å². The van der Waals surface area contributed by atoms with Crippen LogP contribution in [-0.4, -0.2) is 37.0 Å². The lowest BCUT2D eigenvalue weighted by molar-refractivity contribution is 0.189. The fourth-order valence-electron chi connectivity index (χ4n) is 2.08. The fraction of sp³-hybridized carbons (Fsp3) is 0.417. The highest BCUT2D eigenvalue weighted by molar-refractivity contribution is 7.89. The van der Waals surface area contributed by atoms with E-state index < -0.39 is 16.1 Å². The van der Waals surface area contributed by atoms with Crippen molar-refractivity contribution in [2.45, 2.75) is 24.3 Å². The molecule has 5 nitrogen and oxygen atoms in total. The highest BCUT2D eigenvalue weighted by Gasteiger charge is 2.32. The molecule has 1 aliphatic heterocycles. The second-order valence-corrected chi connectivity index (χ2v) is 6.30. The molecule has 1 saturated heterocycles. The van der Waals surface area contributed by atoms with Crippen LogP contribution in [0.25, 0.3) is 0 Å². The van der Waals surface area contributed by atoms with E-state index >= 15 is 0 Å². The highest BCUT2D eigenvalue weighted by Crippen LogP contribution is 2.24. The number of rotatable bonds is 2. The summed E-state index contributed by atoms with van der Waals surface area (Å²) in [5.74, 6) is 0. The van der Waals surface area contributed by atoms with Gasteiger partial charge < -0.3 is 5.11 Å². The van der Waals surface area contributed by atoms with E-state index in [4.69, 9.17) is 5.26 Å². The van der Waals surface area contributed by atoms with Crippen molar-refractivity contribution >= 4 is 10.0 Å². The van der Waals surface area contributed by atoms with Crippen LogP contribution < -0.4 is 0 Å². The SMILES string of the molecule is Cc1cc(C#N)ccc1S(=O)(=O)N1CC[C@@H](O)C1. The number of hydrogen-bond acceptors (Lipinski definition) is 4. The molecule has 1 heterocycles. The van der Waals surface area contributed by atoms with Gasteiger partial charge in [0.1, 0.15) is 0 Å². The lowest BCUT2D eigenvalue weighted by atomic mass is 10.2. The smallest absolute Gasteiger partial charge is 0.243 e. The molecule has 18 heavy (non-hydrogen) atoms. The molecule has 0 radical (unpaired) electrons. The number of hydrogen-bond donors (Lipinski definition) is 1. The second-order valence-electron chi connectivity index (χ2n) is 4.40. The normalized spacial score (nSPS) is 20.8. The van der Waals surface area contributed by atoms with Gasteiger partial charge in [0.05, 0.1) is 22.6 Å². The standard InChI is InChI=1S/C12H14N2O3S/c1-9-6-10(7-13)2-3-12(9)18(16,17)14-5-4-11(15)8-14/h2-3,6,11,15H,4-5,8H2,1H3/t11-/m1/s1. The van der Waals surface area contributed by atoms with Gasteiger partial charge in [-0.2, -0.15) is 9.57 Å². The van der Waals surface area contributed by atoms with Crippen LogP contribution in [0.3, 0.4) is 0 Å². The van der Waals surface area contributed by atoms with Gasteiger partial charge in [-0.3, -0.25) is 0 Å². The Kier molecular flexibility index (Phi) is 3.39. The van der Waals surface area contributed by atoms with E-state index in [-0.39, 0.29) is 11.4 Å². The summed E-state index contributed by atoms with van der Waals surface area (Å²) in [5, 5.41) is 18.2. The molecule has 0 amide bonds. The highest BCUT2D eigenvalue weighted by atomic mass is 32.2. The maximum absolute atomic E-state index is 12.3. The lowest BCUT2D eigenvalue weighted by Crippen LogP contribution is -2.30. The molecular weight excluding hydrogens is 252 g/mol. The van der Waals surface area contributed by atoms with Crippen molar-refractivity contribution < 1.29 is 13.5 Å². The van der Waals surface area contributed by atoms with Crippen LogP contribution >= 0.6 is 0 Å². The predicted molar refractivity (Wildman–Crippen MR) is 65.3 cm³/mol. The minimum absolute atomic E-state index is 0.141. The van der Waals surface area contributed by atoms with E-state index in [0.717, 1.165) is 0 Å². The van der Waals surface area contributed by atoms with Crippen LogP contribution in [0.1, 0.15) is 17.5 Å². The summed E-state index contributed by atoms with van der Waals surface area (Å²) in [6, 6.07) is 6.47. The van der Waals surface area contributed by atoms with Crippen LogP contribution in [0.5, 0.6) is 0 Å². The maximum Gasteiger partial charge on any atom is 0.243 e. The summed E-state index contributed by atoms with van der Waals surface area (Å²) in [6.45, 7) is 2.14. The summed E-state index contributed by atoms with van der Waals surface area (Å²) in [7, 11) is -3.56. The third-order valence-corrected chi connectivity index (χ3v) is 5.07. The second kappa shape index (κ2) is 4.69. The van der Waals surface area contributed by atoms with Crippen molar-refractivity contribution in [2.24, 2.45) is 0 Å². The molecule has 0 bridgehead atoms. The Morgan fingerprint density at radius 3 is 2.72 bits per heavy atom. The number of benzene rings is 1. The largest absolute Gasteiger partial charge is 0.392 e. The Bertz CT molecular complexity index is 604. The minimum atomic E-state index is -3.56. The average Bonchev–Trinajstić information content (AvgIpc) is 2.76. The molecule has 1 aliphatic rings. The topological polar surface area (TPSA) is 81.4 Å². The molecule has 1 atom stereocenters. The van der Waals surface area contributed by atoms with E-state index in [0.29, 0.717) is 24.1 Å². The summed E-state index contributed by atoms with van der Waals surface area (Å²) in [4.78, 5) is 0.204. The third-order valence-electron chi connectivity index (χ3n) is 3.05. The van der Waals surface area contributed by atoms with Gasteiger partial charge >= 0.3 is 0 Å². The molecule has 0 aliphatic carbocycles. The van der Waals surface area contributed by atoms with Crippen molar-refractivity contribution in [1.29, 1.82) is 5.26 Å². The van der Waals surface area contributed by atoms with Crippen molar-refractivity contribution in [1.82, 2.24) is 4.31 Å². The Morgan fingerprint density at radius 1 is 1.50 bits per heavy atom. The van der Waals surface area contributed by atoms with Gasteiger partial charge in [0.25, 0.3) is 0 Å². The van der Waals surface area contributed by atoms with Crippen molar-refractivity contribution in [2.75, 3.05) is 13.1 Å². The monoisotopic (exact) mass is 266 g/mol. The molecular formula is C12H14N2O3S. The van der Waals surface area contributed by atoms with E-state index in [1.165, 1.54) is 16.4 Å². The predicted octanol–water partition coefficient (Wildman–Crippen LogP) is 0.622. The number of nitriles is 1. The van der Waals surface area contributed by atoms with Gasteiger partial charge in [0.2, 0.25) is 10.0 Å². The molecule has 0 unspecified atom stereocenters.